The van der Waals surface area contributed by atoms with E-state index < -0.39 is 23.0 Å². The highest BCUT2D eigenvalue weighted by atomic mass is 79.9. The third kappa shape index (κ3) is 9.05. The van der Waals surface area contributed by atoms with E-state index in [-0.39, 0.29) is 17.5 Å². The van der Waals surface area contributed by atoms with Gasteiger partial charge in [-0.1, -0.05) is 52.3 Å². The van der Waals surface area contributed by atoms with E-state index in [1.54, 1.807) is 66.4 Å². The molecule has 0 bridgehead atoms. The quantitative estimate of drug-likeness (QED) is 0.0928. The van der Waals surface area contributed by atoms with Crippen LogP contribution in [0, 0.1) is 0 Å². The van der Waals surface area contributed by atoms with Crippen LogP contribution in [0.5, 0.6) is 0 Å². The number of fused-ring (bicyclic) bond motifs is 1. The Labute approximate surface area is 300 Å². The monoisotopic (exact) mass is 760 g/mol. The first-order valence-electron chi connectivity index (χ1n) is 15.2. The Morgan fingerprint density at radius 3 is 2.45 bits per heavy atom. The Balaban J connectivity index is 1.29. The number of anilines is 2. The van der Waals surface area contributed by atoms with Gasteiger partial charge in [-0.25, -0.2) is 4.79 Å². The lowest BCUT2D eigenvalue weighted by Crippen LogP contribution is -2.33. The molecule has 3 aromatic carbocycles. The predicted octanol–water partition coefficient (Wildman–Crippen LogP) is 6.73. The fourth-order valence-electron chi connectivity index (χ4n) is 5.10. The van der Waals surface area contributed by atoms with Gasteiger partial charge in [-0.05, 0) is 73.0 Å². The minimum Gasteiger partial charge on any atom is -0.465 e. The molecule has 0 aliphatic carbocycles. The normalized spacial score (nSPS) is 13.1. The first-order valence-corrected chi connectivity index (χ1v) is 17.7. The Morgan fingerprint density at radius 2 is 1.73 bits per heavy atom. The summed E-state index contributed by atoms with van der Waals surface area (Å²) in [4.78, 5) is 67.8. The van der Waals surface area contributed by atoms with Gasteiger partial charge in [0.2, 0.25) is 11.8 Å². The summed E-state index contributed by atoms with van der Waals surface area (Å²) >= 11 is 5.99. The Kier molecular flexibility index (Phi) is 11.7. The number of ether oxygens (including phenoxy) is 1. The van der Waals surface area contributed by atoms with Gasteiger partial charge in [0, 0.05) is 39.0 Å². The topological polar surface area (TPSA) is 134 Å². The van der Waals surface area contributed by atoms with Gasteiger partial charge < -0.3 is 25.6 Å². The number of nitrogens with one attached hydrogen (secondary N) is 3. The second-order valence-corrected chi connectivity index (χ2v) is 14.5. The van der Waals surface area contributed by atoms with Gasteiger partial charge in [0.1, 0.15) is 10.7 Å². The summed E-state index contributed by atoms with van der Waals surface area (Å²) in [7, 11) is 1.30. The molecule has 4 aromatic rings. The lowest BCUT2D eigenvalue weighted by molar-refractivity contribution is -0.129. The second-order valence-electron chi connectivity index (χ2n) is 11.1. The van der Waals surface area contributed by atoms with E-state index in [1.807, 2.05) is 30.3 Å². The number of methoxy groups -OCH3 is 1. The van der Waals surface area contributed by atoms with Gasteiger partial charge in [-0.15, -0.1) is 23.1 Å². The smallest absolute Gasteiger partial charge is 0.341 e. The lowest BCUT2D eigenvalue weighted by atomic mass is 10.0. The van der Waals surface area contributed by atoms with Crippen molar-refractivity contribution in [2.45, 2.75) is 37.0 Å². The van der Waals surface area contributed by atoms with Crippen LogP contribution in [0.3, 0.4) is 0 Å². The zero-order valence-corrected chi connectivity index (χ0v) is 30.1. The maximum Gasteiger partial charge on any atom is 0.341 e. The molecule has 252 valence electrons. The molecule has 5 rings (SSSR count). The van der Waals surface area contributed by atoms with Gasteiger partial charge in [-0.3, -0.25) is 19.2 Å². The van der Waals surface area contributed by atoms with Gasteiger partial charge in [-0.2, -0.15) is 0 Å². The zero-order valence-electron chi connectivity index (χ0n) is 26.9. The molecule has 1 atom stereocenters. The van der Waals surface area contributed by atoms with E-state index >= 15 is 0 Å². The van der Waals surface area contributed by atoms with Gasteiger partial charge in [0.15, 0.2) is 0 Å². The van der Waals surface area contributed by atoms with Crippen LogP contribution in [0.25, 0.3) is 6.08 Å². The predicted molar refractivity (Wildman–Crippen MR) is 196 cm³/mol. The summed E-state index contributed by atoms with van der Waals surface area (Å²) in [5.74, 6) is -1.88. The molecular weight excluding hydrogens is 728 g/mol. The zero-order chi connectivity index (χ0) is 35.1. The fraction of sp³-hybridized carbons (Fsp3) is 0.194. The van der Waals surface area contributed by atoms with Crippen molar-refractivity contribution in [3.8, 4) is 0 Å². The number of halogens is 1. The summed E-state index contributed by atoms with van der Waals surface area (Å²) in [6.45, 7) is 4.10. The van der Waals surface area contributed by atoms with E-state index in [0.29, 0.717) is 51.8 Å². The minimum absolute atomic E-state index is 0.0456. The molecule has 0 radical (unpaired) electrons. The Hall–Kier alpha value is -4.72. The van der Waals surface area contributed by atoms with E-state index in [1.165, 1.54) is 37.1 Å². The van der Waals surface area contributed by atoms with Crippen LogP contribution in [0.4, 0.5) is 10.7 Å². The van der Waals surface area contributed by atoms with Crippen molar-refractivity contribution in [2.75, 3.05) is 24.3 Å². The Morgan fingerprint density at radius 1 is 0.980 bits per heavy atom. The average Bonchev–Trinajstić information content (AvgIpc) is 3.45. The summed E-state index contributed by atoms with van der Waals surface area (Å²) < 4.78 is 5.84. The molecule has 0 saturated heterocycles. The van der Waals surface area contributed by atoms with E-state index in [2.05, 4.69) is 31.9 Å². The van der Waals surface area contributed by atoms with E-state index in [0.717, 1.165) is 14.9 Å². The van der Waals surface area contributed by atoms with Crippen LogP contribution in [0.15, 0.2) is 93.9 Å². The molecule has 3 N–H and O–H groups in total. The standard InChI is InChI=1S/C36H33BrN4O6S2/c1-21(32(43)40-35-31(36(46)47-3)28-15-16-41(22(2)42)20-30(28)49-35)48-27-14-8-13-26(19-27)38-34(45)29(18-23-9-7-12-25(37)17-23)39-33(44)24-10-5-4-6-11-24/h4-14,17-19,21H,15-16,20H2,1-3H3,(H,38,45)(H,39,44)(H,40,43)/b29-18+. The van der Waals surface area contributed by atoms with Crippen LogP contribution >= 0.6 is 39.0 Å². The summed E-state index contributed by atoms with van der Waals surface area (Å²) in [5, 5.41) is 8.30. The molecule has 1 aliphatic rings. The highest BCUT2D eigenvalue weighted by molar-refractivity contribution is 9.10. The van der Waals surface area contributed by atoms with Crippen LogP contribution in [-0.4, -0.2) is 53.4 Å². The minimum atomic E-state index is -0.582. The first-order chi connectivity index (χ1) is 23.5. The molecule has 1 unspecified atom stereocenters. The molecule has 1 aromatic heterocycles. The highest BCUT2D eigenvalue weighted by Gasteiger charge is 2.31. The average molecular weight is 762 g/mol. The third-order valence-electron chi connectivity index (χ3n) is 7.59. The van der Waals surface area contributed by atoms with Crippen molar-refractivity contribution >= 4 is 85.4 Å². The van der Waals surface area contributed by atoms with Crippen molar-refractivity contribution in [3.05, 3.63) is 116 Å². The fourth-order valence-corrected chi connectivity index (χ4v) is 7.70. The molecule has 2 heterocycles. The molecule has 1 aliphatic heterocycles. The van der Waals surface area contributed by atoms with Crippen LogP contribution in [0.2, 0.25) is 0 Å². The SMILES string of the molecule is COC(=O)c1c(NC(=O)C(C)Sc2cccc(NC(=O)/C(=C\c3cccc(Br)c3)NC(=O)c3ccccc3)c2)sc2c1CCN(C(C)=O)C2. The molecule has 0 spiro atoms. The molecular formula is C36H33BrN4O6S2. The van der Waals surface area contributed by atoms with Crippen LogP contribution in [0.1, 0.15) is 50.6 Å². The number of nitrogens with zero attached hydrogens (tertiary/aromatic N) is 1. The summed E-state index contributed by atoms with van der Waals surface area (Å²) in [5.41, 5.74) is 2.74. The van der Waals surface area contributed by atoms with Gasteiger partial charge >= 0.3 is 5.97 Å². The van der Waals surface area contributed by atoms with Crippen molar-refractivity contribution in [1.82, 2.24) is 10.2 Å². The molecule has 49 heavy (non-hydrogen) atoms. The number of rotatable bonds is 10. The summed E-state index contributed by atoms with van der Waals surface area (Å²) in [6.07, 6.45) is 2.08. The van der Waals surface area contributed by atoms with Gasteiger partial charge in [0.05, 0.1) is 24.5 Å². The van der Waals surface area contributed by atoms with Crippen molar-refractivity contribution < 1.29 is 28.7 Å². The number of amides is 4. The maximum absolute atomic E-state index is 13.5. The van der Waals surface area contributed by atoms with Crippen LogP contribution < -0.4 is 16.0 Å². The highest BCUT2D eigenvalue weighted by Crippen LogP contribution is 2.38. The molecule has 10 nitrogen and oxygen atoms in total. The third-order valence-corrected chi connectivity index (χ3v) is 10.3. The number of carbonyl (C=O) groups excluding carboxylic acids is 5. The molecule has 4 amide bonds. The van der Waals surface area contributed by atoms with E-state index in [9.17, 15) is 24.0 Å². The number of carbonyl (C=O) groups is 5. The number of hydrogen-bond acceptors (Lipinski definition) is 8. The number of hydrogen-bond donors (Lipinski definition) is 3. The number of esters is 1. The van der Waals surface area contributed by atoms with E-state index in [4.69, 9.17) is 4.74 Å². The summed E-state index contributed by atoms with van der Waals surface area (Å²) in [6, 6.07) is 23.0. The van der Waals surface area contributed by atoms with Crippen LogP contribution in [-0.2, 0) is 32.1 Å². The second kappa shape index (κ2) is 16.1. The Bertz CT molecular complexity index is 1940. The lowest BCUT2D eigenvalue weighted by Gasteiger charge is -2.25. The number of thiophene rings is 1. The maximum atomic E-state index is 13.5. The molecule has 0 fully saturated rings. The molecule has 13 heteroatoms. The largest absolute Gasteiger partial charge is 0.465 e. The first kappa shape index (κ1) is 35.6. The molecule has 0 saturated carbocycles. The number of thioether (sulfide) groups is 1. The van der Waals surface area contributed by atoms with Crippen molar-refractivity contribution in [2.24, 2.45) is 0 Å². The van der Waals surface area contributed by atoms with Crippen molar-refractivity contribution in [1.29, 1.82) is 0 Å². The van der Waals surface area contributed by atoms with Gasteiger partial charge in [0.25, 0.3) is 11.8 Å². The van der Waals surface area contributed by atoms with Crippen molar-refractivity contribution in [3.63, 3.8) is 0 Å². The number of benzene rings is 3.